The van der Waals surface area contributed by atoms with Crippen LogP contribution in [-0.4, -0.2) is 42.0 Å². The fourth-order valence-corrected chi connectivity index (χ4v) is 2.74. The van der Waals surface area contributed by atoms with Gasteiger partial charge in [0.25, 0.3) is 5.91 Å². The maximum absolute atomic E-state index is 12.4. The van der Waals surface area contributed by atoms with Crippen LogP contribution in [0.3, 0.4) is 0 Å². The van der Waals surface area contributed by atoms with Gasteiger partial charge in [-0.1, -0.05) is 24.3 Å². The van der Waals surface area contributed by atoms with Crippen LogP contribution < -0.4 is 16.6 Å². The van der Waals surface area contributed by atoms with Gasteiger partial charge in [0.2, 0.25) is 0 Å². The number of anilines is 1. The number of carbonyl (C=O) groups is 1. The number of nitrogen functional groups attached to an aromatic ring is 1. The minimum absolute atomic E-state index is 0.155. The predicted octanol–water partition coefficient (Wildman–Crippen LogP) is 0.954. The SMILES string of the molecule is CN1CCC(NC(=O)c2cc3ccccc3c(NN)n2)C1. The molecule has 6 heteroatoms. The summed E-state index contributed by atoms with van der Waals surface area (Å²) >= 11 is 0. The van der Waals surface area contributed by atoms with Gasteiger partial charge in [-0.2, -0.15) is 0 Å². The van der Waals surface area contributed by atoms with Crippen LogP contribution in [0, 0.1) is 0 Å². The first-order chi connectivity index (χ1) is 10.2. The number of aromatic nitrogens is 1. The van der Waals surface area contributed by atoms with Crippen molar-refractivity contribution in [2.75, 3.05) is 25.6 Å². The maximum Gasteiger partial charge on any atom is 0.270 e. The molecule has 1 aromatic heterocycles. The molecule has 1 fully saturated rings. The summed E-state index contributed by atoms with van der Waals surface area (Å²) in [4.78, 5) is 18.9. The third-order valence-electron chi connectivity index (χ3n) is 3.84. The number of rotatable bonds is 3. The Kier molecular flexibility index (Phi) is 3.72. The Balaban J connectivity index is 1.87. The quantitative estimate of drug-likeness (QED) is 0.578. The van der Waals surface area contributed by atoms with E-state index >= 15 is 0 Å². The molecule has 1 amide bonds. The number of nitrogens with zero attached hydrogens (tertiary/aromatic N) is 2. The van der Waals surface area contributed by atoms with Crippen molar-refractivity contribution in [1.82, 2.24) is 15.2 Å². The lowest BCUT2D eigenvalue weighted by atomic mass is 10.1. The van der Waals surface area contributed by atoms with Gasteiger partial charge in [-0.25, -0.2) is 10.8 Å². The highest BCUT2D eigenvalue weighted by atomic mass is 16.2. The number of pyridine rings is 1. The van der Waals surface area contributed by atoms with Gasteiger partial charge in [-0.05, 0) is 31.5 Å². The van der Waals surface area contributed by atoms with Crippen LogP contribution in [0.25, 0.3) is 10.8 Å². The molecule has 0 bridgehead atoms. The second kappa shape index (κ2) is 5.67. The normalized spacial score (nSPS) is 18.9. The van der Waals surface area contributed by atoms with Crippen molar-refractivity contribution in [3.63, 3.8) is 0 Å². The van der Waals surface area contributed by atoms with Gasteiger partial charge in [0.15, 0.2) is 0 Å². The molecular weight excluding hydrogens is 266 g/mol. The summed E-state index contributed by atoms with van der Waals surface area (Å²) in [6.45, 7) is 1.88. The summed E-state index contributed by atoms with van der Waals surface area (Å²) in [5.41, 5.74) is 2.95. The molecule has 110 valence electrons. The number of benzene rings is 1. The molecule has 1 unspecified atom stereocenters. The third-order valence-corrected chi connectivity index (χ3v) is 3.84. The molecule has 4 N–H and O–H groups in total. The molecular formula is C15H19N5O. The van der Waals surface area contributed by atoms with E-state index in [-0.39, 0.29) is 11.9 Å². The number of hydrogen-bond acceptors (Lipinski definition) is 5. The molecule has 1 saturated heterocycles. The molecule has 1 atom stereocenters. The van der Waals surface area contributed by atoms with Crippen LogP contribution in [0.1, 0.15) is 16.9 Å². The molecule has 0 radical (unpaired) electrons. The summed E-state index contributed by atoms with van der Waals surface area (Å²) in [5.74, 6) is 5.88. The fraction of sp³-hybridized carbons (Fsp3) is 0.333. The van der Waals surface area contributed by atoms with E-state index in [0.29, 0.717) is 11.5 Å². The number of nitrogens with two attached hydrogens (primary N) is 1. The van der Waals surface area contributed by atoms with Gasteiger partial charge in [-0.3, -0.25) is 4.79 Å². The van der Waals surface area contributed by atoms with E-state index in [1.165, 1.54) is 0 Å². The number of carbonyl (C=O) groups excluding carboxylic acids is 1. The summed E-state index contributed by atoms with van der Waals surface area (Å²) in [5, 5.41) is 4.87. The third kappa shape index (κ3) is 2.81. The molecule has 0 aliphatic carbocycles. The van der Waals surface area contributed by atoms with Crippen LogP contribution in [0.15, 0.2) is 30.3 Å². The molecule has 1 aliphatic rings. The van der Waals surface area contributed by atoms with E-state index in [1.807, 2.05) is 24.3 Å². The van der Waals surface area contributed by atoms with Gasteiger partial charge >= 0.3 is 0 Å². The Morgan fingerprint density at radius 1 is 1.43 bits per heavy atom. The topological polar surface area (TPSA) is 83.3 Å². The van der Waals surface area contributed by atoms with Gasteiger partial charge in [0, 0.05) is 18.0 Å². The maximum atomic E-state index is 12.4. The van der Waals surface area contributed by atoms with Crippen molar-refractivity contribution in [2.45, 2.75) is 12.5 Å². The molecule has 2 aromatic rings. The molecule has 0 saturated carbocycles. The highest BCUT2D eigenvalue weighted by Gasteiger charge is 2.22. The van der Waals surface area contributed by atoms with Crippen LogP contribution in [0.5, 0.6) is 0 Å². The number of fused-ring (bicyclic) bond motifs is 1. The second-order valence-electron chi connectivity index (χ2n) is 5.44. The Hall–Kier alpha value is -2.18. The minimum atomic E-state index is -0.155. The van der Waals surface area contributed by atoms with Crippen LogP contribution in [-0.2, 0) is 0 Å². The molecule has 2 heterocycles. The highest BCUT2D eigenvalue weighted by Crippen LogP contribution is 2.22. The zero-order chi connectivity index (χ0) is 14.8. The largest absolute Gasteiger partial charge is 0.347 e. The Morgan fingerprint density at radius 2 is 2.24 bits per heavy atom. The van der Waals surface area contributed by atoms with E-state index in [0.717, 1.165) is 30.3 Å². The fourth-order valence-electron chi connectivity index (χ4n) is 2.74. The van der Waals surface area contributed by atoms with Crippen molar-refractivity contribution in [3.8, 4) is 0 Å². The van der Waals surface area contributed by atoms with Crippen LogP contribution in [0.2, 0.25) is 0 Å². The molecule has 0 spiro atoms. The molecule has 1 aliphatic heterocycles. The van der Waals surface area contributed by atoms with Crippen molar-refractivity contribution in [1.29, 1.82) is 0 Å². The lowest BCUT2D eigenvalue weighted by Crippen LogP contribution is -2.37. The summed E-state index contributed by atoms with van der Waals surface area (Å²) in [6, 6.07) is 9.69. The van der Waals surface area contributed by atoms with Crippen molar-refractivity contribution in [2.24, 2.45) is 5.84 Å². The summed E-state index contributed by atoms with van der Waals surface area (Å²) in [7, 11) is 2.05. The van der Waals surface area contributed by atoms with E-state index in [4.69, 9.17) is 5.84 Å². The van der Waals surface area contributed by atoms with Crippen LogP contribution >= 0.6 is 0 Å². The number of likely N-dealkylation sites (N-methyl/N-ethyl adjacent to an activating group) is 1. The van der Waals surface area contributed by atoms with Gasteiger partial charge in [0.05, 0.1) is 0 Å². The number of hydrazine groups is 1. The number of likely N-dealkylation sites (tertiary alicyclic amines) is 1. The summed E-state index contributed by atoms with van der Waals surface area (Å²) in [6.07, 6.45) is 0.970. The summed E-state index contributed by atoms with van der Waals surface area (Å²) < 4.78 is 0. The second-order valence-corrected chi connectivity index (χ2v) is 5.44. The number of nitrogens with one attached hydrogen (secondary N) is 2. The van der Waals surface area contributed by atoms with Crippen molar-refractivity contribution < 1.29 is 4.79 Å². The van der Waals surface area contributed by atoms with Crippen molar-refractivity contribution in [3.05, 3.63) is 36.0 Å². The monoisotopic (exact) mass is 285 g/mol. The van der Waals surface area contributed by atoms with Crippen molar-refractivity contribution >= 4 is 22.5 Å². The van der Waals surface area contributed by atoms with E-state index < -0.39 is 0 Å². The first kappa shape index (κ1) is 13.8. The standard InChI is InChI=1S/C15H19N5O/c1-20-7-6-11(9-20)17-15(21)13-8-10-4-2-3-5-12(10)14(18-13)19-16/h2-5,8,11H,6-7,9,16H2,1H3,(H,17,21)(H,18,19). The number of amides is 1. The Morgan fingerprint density at radius 3 is 2.95 bits per heavy atom. The van der Waals surface area contributed by atoms with Crippen LogP contribution in [0.4, 0.5) is 5.82 Å². The van der Waals surface area contributed by atoms with Gasteiger partial charge < -0.3 is 15.6 Å². The molecule has 21 heavy (non-hydrogen) atoms. The van der Waals surface area contributed by atoms with Gasteiger partial charge in [-0.15, -0.1) is 0 Å². The van der Waals surface area contributed by atoms with E-state index in [9.17, 15) is 4.79 Å². The predicted molar refractivity (Wildman–Crippen MR) is 82.9 cm³/mol. The van der Waals surface area contributed by atoms with E-state index in [2.05, 4.69) is 27.7 Å². The highest BCUT2D eigenvalue weighted by molar-refractivity contribution is 6.00. The van der Waals surface area contributed by atoms with E-state index in [1.54, 1.807) is 6.07 Å². The zero-order valence-corrected chi connectivity index (χ0v) is 12.0. The lowest BCUT2D eigenvalue weighted by molar-refractivity contribution is 0.0933. The molecule has 6 nitrogen and oxygen atoms in total. The Bertz CT molecular complexity index is 672. The molecule has 3 rings (SSSR count). The van der Waals surface area contributed by atoms with Gasteiger partial charge in [0.1, 0.15) is 11.5 Å². The minimum Gasteiger partial charge on any atom is -0.347 e. The number of hydrogen-bond donors (Lipinski definition) is 3. The molecule has 1 aromatic carbocycles. The average Bonchev–Trinajstić information content (AvgIpc) is 2.91. The first-order valence-electron chi connectivity index (χ1n) is 7.03. The Labute approximate surface area is 123 Å². The first-order valence-corrected chi connectivity index (χ1v) is 7.03. The average molecular weight is 285 g/mol. The smallest absolute Gasteiger partial charge is 0.270 e. The lowest BCUT2D eigenvalue weighted by Gasteiger charge is -2.13. The zero-order valence-electron chi connectivity index (χ0n) is 12.0.